The molecule has 0 atom stereocenters. The standard InChI is InChI=1S/C16H16FN3O6S/c1-26-15-10-12(20(22)23)4-7-14(15)19-16(21)8-9-18-27(24,25)13-5-2-11(17)3-6-13/h2-7,10,18H,8-9H2,1H3,(H,19,21). The Labute approximate surface area is 154 Å². The van der Waals surface area contributed by atoms with Gasteiger partial charge in [-0.1, -0.05) is 0 Å². The van der Waals surface area contributed by atoms with E-state index in [1.807, 2.05) is 0 Å². The molecule has 144 valence electrons. The number of non-ortho nitro benzene ring substituents is 1. The molecular weight excluding hydrogens is 381 g/mol. The number of methoxy groups -OCH3 is 1. The van der Waals surface area contributed by atoms with Gasteiger partial charge < -0.3 is 10.1 Å². The molecule has 1 amide bonds. The highest BCUT2D eigenvalue weighted by Crippen LogP contribution is 2.29. The molecule has 0 aliphatic rings. The Morgan fingerprint density at radius 1 is 1.22 bits per heavy atom. The van der Waals surface area contributed by atoms with Crippen molar-refractivity contribution in [3.63, 3.8) is 0 Å². The molecule has 0 spiro atoms. The predicted octanol–water partition coefficient (Wildman–Crippen LogP) is 2.05. The third-order valence-electron chi connectivity index (χ3n) is 3.44. The number of hydrogen-bond acceptors (Lipinski definition) is 6. The molecule has 0 aliphatic carbocycles. The summed E-state index contributed by atoms with van der Waals surface area (Å²) in [5, 5.41) is 13.2. The number of ether oxygens (including phenoxy) is 1. The number of hydrogen-bond donors (Lipinski definition) is 2. The maximum absolute atomic E-state index is 12.9. The summed E-state index contributed by atoms with van der Waals surface area (Å²) < 4.78 is 44.2. The molecule has 0 aromatic heterocycles. The lowest BCUT2D eigenvalue weighted by Crippen LogP contribution is -2.27. The Balaban J connectivity index is 1.95. The number of nitro groups is 1. The average molecular weight is 397 g/mol. The third kappa shape index (κ3) is 5.46. The van der Waals surface area contributed by atoms with E-state index in [1.165, 1.54) is 19.2 Å². The Bertz CT molecular complexity index is 947. The fourth-order valence-corrected chi connectivity index (χ4v) is 3.14. The van der Waals surface area contributed by atoms with Crippen molar-refractivity contribution >= 4 is 27.3 Å². The topological polar surface area (TPSA) is 128 Å². The van der Waals surface area contributed by atoms with Crippen LogP contribution in [0.5, 0.6) is 5.75 Å². The number of carbonyl (C=O) groups is 1. The summed E-state index contributed by atoms with van der Waals surface area (Å²) in [6.07, 6.45) is -0.194. The van der Waals surface area contributed by atoms with Crippen molar-refractivity contribution in [2.24, 2.45) is 0 Å². The summed E-state index contributed by atoms with van der Waals surface area (Å²) in [4.78, 5) is 22.0. The summed E-state index contributed by atoms with van der Waals surface area (Å²) >= 11 is 0. The molecule has 2 aromatic rings. The molecule has 0 saturated carbocycles. The minimum absolute atomic E-state index is 0.101. The molecule has 2 N–H and O–H groups in total. The van der Waals surface area contributed by atoms with Gasteiger partial charge in [-0.2, -0.15) is 0 Å². The van der Waals surface area contributed by atoms with E-state index in [4.69, 9.17) is 4.74 Å². The van der Waals surface area contributed by atoms with Gasteiger partial charge in [-0.3, -0.25) is 14.9 Å². The molecule has 0 aliphatic heterocycles. The maximum Gasteiger partial charge on any atom is 0.273 e. The Kier molecular flexibility index (Phi) is 6.42. The first-order valence-corrected chi connectivity index (χ1v) is 9.09. The highest BCUT2D eigenvalue weighted by molar-refractivity contribution is 7.89. The number of sulfonamides is 1. The second-order valence-corrected chi connectivity index (χ2v) is 7.06. The van der Waals surface area contributed by atoms with Crippen LogP contribution in [0.15, 0.2) is 47.4 Å². The van der Waals surface area contributed by atoms with Crippen molar-refractivity contribution in [1.82, 2.24) is 4.72 Å². The number of anilines is 1. The van der Waals surface area contributed by atoms with E-state index in [1.54, 1.807) is 0 Å². The lowest BCUT2D eigenvalue weighted by molar-refractivity contribution is -0.384. The average Bonchev–Trinajstić information content (AvgIpc) is 2.62. The second kappa shape index (κ2) is 8.56. The Hall–Kier alpha value is -3.05. The van der Waals surface area contributed by atoms with Crippen LogP contribution in [-0.4, -0.2) is 32.9 Å². The molecule has 0 heterocycles. The van der Waals surface area contributed by atoms with Crippen LogP contribution in [0.4, 0.5) is 15.8 Å². The van der Waals surface area contributed by atoms with Gasteiger partial charge in [-0.05, 0) is 30.3 Å². The first-order valence-electron chi connectivity index (χ1n) is 7.60. The van der Waals surface area contributed by atoms with E-state index < -0.39 is 26.7 Å². The van der Waals surface area contributed by atoms with Gasteiger partial charge in [0.05, 0.1) is 28.7 Å². The molecule has 0 radical (unpaired) electrons. The molecule has 0 bridgehead atoms. The monoisotopic (exact) mass is 397 g/mol. The van der Waals surface area contributed by atoms with Gasteiger partial charge in [0.2, 0.25) is 15.9 Å². The minimum Gasteiger partial charge on any atom is -0.494 e. The van der Waals surface area contributed by atoms with Gasteiger partial charge in [-0.15, -0.1) is 0 Å². The summed E-state index contributed by atoms with van der Waals surface area (Å²) in [6, 6.07) is 7.93. The fourth-order valence-electron chi connectivity index (χ4n) is 2.11. The van der Waals surface area contributed by atoms with Crippen molar-refractivity contribution in [3.8, 4) is 5.75 Å². The van der Waals surface area contributed by atoms with Crippen molar-refractivity contribution in [1.29, 1.82) is 0 Å². The molecule has 0 saturated heterocycles. The zero-order chi connectivity index (χ0) is 20.0. The predicted molar refractivity (Wildman–Crippen MR) is 94.5 cm³/mol. The van der Waals surface area contributed by atoms with Gasteiger partial charge in [0, 0.05) is 19.0 Å². The normalized spacial score (nSPS) is 11.0. The van der Waals surface area contributed by atoms with Gasteiger partial charge in [0.15, 0.2) is 0 Å². The molecular formula is C16H16FN3O6S. The first kappa shape index (κ1) is 20.3. The highest BCUT2D eigenvalue weighted by Gasteiger charge is 2.16. The van der Waals surface area contributed by atoms with E-state index in [-0.39, 0.29) is 35.0 Å². The third-order valence-corrected chi connectivity index (χ3v) is 4.92. The smallest absolute Gasteiger partial charge is 0.273 e. The number of amides is 1. The van der Waals surface area contributed by atoms with Crippen LogP contribution in [0.2, 0.25) is 0 Å². The van der Waals surface area contributed by atoms with Gasteiger partial charge in [0.1, 0.15) is 11.6 Å². The summed E-state index contributed by atoms with van der Waals surface area (Å²) in [7, 11) is -2.57. The summed E-state index contributed by atoms with van der Waals surface area (Å²) in [5.41, 5.74) is 0.0198. The first-order chi connectivity index (χ1) is 12.7. The largest absolute Gasteiger partial charge is 0.494 e. The Morgan fingerprint density at radius 3 is 2.48 bits per heavy atom. The number of carbonyl (C=O) groups excluding carboxylic acids is 1. The van der Waals surface area contributed by atoms with Crippen molar-refractivity contribution in [3.05, 3.63) is 58.4 Å². The lowest BCUT2D eigenvalue weighted by atomic mass is 10.2. The van der Waals surface area contributed by atoms with Gasteiger partial charge in [0.25, 0.3) is 5.69 Å². The maximum atomic E-state index is 12.9. The van der Waals surface area contributed by atoms with E-state index in [0.717, 1.165) is 30.3 Å². The van der Waals surface area contributed by atoms with Crippen LogP contribution in [-0.2, 0) is 14.8 Å². The molecule has 2 aromatic carbocycles. The van der Waals surface area contributed by atoms with Crippen molar-refractivity contribution < 1.29 is 27.3 Å². The van der Waals surface area contributed by atoms with E-state index in [0.29, 0.717) is 0 Å². The van der Waals surface area contributed by atoms with Crippen molar-refractivity contribution in [2.75, 3.05) is 19.0 Å². The van der Waals surface area contributed by atoms with E-state index in [2.05, 4.69) is 10.0 Å². The van der Waals surface area contributed by atoms with Crippen LogP contribution >= 0.6 is 0 Å². The van der Waals surface area contributed by atoms with Crippen LogP contribution < -0.4 is 14.8 Å². The lowest BCUT2D eigenvalue weighted by Gasteiger charge is -2.10. The molecule has 11 heteroatoms. The number of halogens is 1. The number of rotatable bonds is 8. The number of benzene rings is 2. The molecule has 27 heavy (non-hydrogen) atoms. The SMILES string of the molecule is COc1cc([N+](=O)[O-])ccc1NC(=O)CCNS(=O)(=O)c1ccc(F)cc1. The number of nitro benzene ring substituents is 1. The fraction of sp³-hybridized carbons (Fsp3) is 0.188. The van der Waals surface area contributed by atoms with Crippen molar-refractivity contribution in [2.45, 2.75) is 11.3 Å². The van der Waals surface area contributed by atoms with Crippen LogP contribution in [0.25, 0.3) is 0 Å². The Morgan fingerprint density at radius 2 is 1.89 bits per heavy atom. The molecule has 2 rings (SSSR count). The molecule has 0 unspecified atom stereocenters. The second-order valence-electron chi connectivity index (χ2n) is 5.29. The molecule has 9 nitrogen and oxygen atoms in total. The van der Waals surface area contributed by atoms with E-state index >= 15 is 0 Å². The quantitative estimate of drug-likeness (QED) is 0.518. The summed E-state index contributed by atoms with van der Waals surface area (Å²) in [5.74, 6) is -0.987. The van der Waals surface area contributed by atoms with Gasteiger partial charge in [-0.25, -0.2) is 17.5 Å². The van der Waals surface area contributed by atoms with Crippen LogP contribution in [0, 0.1) is 15.9 Å². The number of nitrogens with one attached hydrogen (secondary N) is 2. The minimum atomic E-state index is -3.87. The zero-order valence-corrected chi connectivity index (χ0v) is 15.0. The zero-order valence-electron chi connectivity index (χ0n) is 14.1. The van der Waals surface area contributed by atoms with Gasteiger partial charge >= 0.3 is 0 Å². The van der Waals surface area contributed by atoms with Crippen LogP contribution in [0.3, 0.4) is 0 Å². The van der Waals surface area contributed by atoms with Crippen LogP contribution in [0.1, 0.15) is 6.42 Å². The highest BCUT2D eigenvalue weighted by atomic mass is 32.2. The summed E-state index contributed by atoms with van der Waals surface area (Å²) in [6.45, 7) is -0.194. The molecule has 0 fully saturated rings. The number of nitrogens with zero attached hydrogens (tertiary/aromatic N) is 1. The van der Waals surface area contributed by atoms with E-state index in [9.17, 15) is 27.7 Å².